The van der Waals surface area contributed by atoms with Gasteiger partial charge in [-0.25, -0.2) is 0 Å². The zero-order valence-corrected chi connectivity index (χ0v) is 27.0. The molecule has 11 heteroatoms. The molecule has 0 bridgehead atoms. The highest BCUT2D eigenvalue weighted by Crippen LogP contribution is 2.48. The first kappa shape index (κ1) is 29.8. The first-order valence-corrected chi connectivity index (χ1v) is 16.3. The number of ether oxygens (including phenoxy) is 2. The second-order valence-corrected chi connectivity index (χ2v) is 13.1. The van der Waals surface area contributed by atoms with Gasteiger partial charge in [-0.2, -0.15) is 15.1 Å². The molecule has 1 spiro atoms. The number of aromatic nitrogens is 4. The molecule has 0 radical (unpaired) electrons. The summed E-state index contributed by atoms with van der Waals surface area (Å²) in [5, 5.41) is 9.73. The number of piperidine rings is 2. The Morgan fingerprint density at radius 1 is 1.13 bits per heavy atom. The van der Waals surface area contributed by atoms with Gasteiger partial charge in [-0.05, 0) is 62.9 Å². The van der Waals surface area contributed by atoms with E-state index < -0.39 is 0 Å². The van der Waals surface area contributed by atoms with Crippen molar-refractivity contribution in [2.75, 3.05) is 57.8 Å². The Morgan fingerprint density at radius 2 is 1.89 bits per heavy atom. The number of H-pyrrole nitrogens is 1. The number of nitrogens with one attached hydrogen (secondary N) is 1. The lowest BCUT2D eigenvalue weighted by Gasteiger charge is -2.54. The topological polar surface area (TPSA) is 99.7 Å². The van der Waals surface area contributed by atoms with Crippen molar-refractivity contribution >= 4 is 45.1 Å². The average Bonchev–Trinajstić information content (AvgIpc) is 3.52. The minimum atomic E-state index is 0.00954. The maximum Gasteiger partial charge on any atom is 0.319 e. The number of benzene rings is 2. The van der Waals surface area contributed by atoms with Gasteiger partial charge in [-0.3, -0.25) is 9.89 Å². The van der Waals surface area contributed by atoms with Crippen LogP contribution in [0.1, 0.15) is 38.2 Å². The summed E-state index contributed by atoms with van der Waals surface area (Å²) < 4.78 is 12.7. The number of carbonyl (C=O) groups is 1. The molecule has 236 valence electrons. The van der Waals surface area contributed by atoms with Gasteiger partial charge >= 0.3 is 6.01 Å². The molecule has 2 aromatic heterocycles. The molecule has 45 heavy (non-hydrogen) atoms. The third-order valence-electron chi connectivity index (χ3n) is 10.1. The van der Waals surface area contributed by atoms with Gasteiger partial charge in [-0.15, -0.1) is 0 Å². The molecule has 1 N–H and O–H groups in total. The monoisotopic (exact) mass is 629 g/mol. The third kappa shape index (κ3) is 5.27. The number of nitrogens with zero attached hydrogens (tertiary/aromatic N) is 6. The molecule has 0 aliphatic carbocycles. The number of amides is 1. The minimum Gasteiger partial charge on any atom is -0.494 e. The van der Waals surface area contributed by atoms with Crippen LogP contribution in [0.15, 0.2) is 37.1 Å². The predicted molar refractivity (Wildman–Crippen MR) is 177 cm³/mol. The van der Waals surface area contributed by atoms with Gasteiger partial charge in [0, 0.05) is 66.6 Å². The lowest BCUT2D eigenvalue weighted by Crippen LogP contribution is -2.61. The van der Waals surface area contributed by atoms with Crippen LogP contribution in [0.4, 0.5) is 5.82 Å². The fourth-order valence-electron chi connectivity index (χ4n) is 7.40. The lowest BCUT2D eigenvalue weighted by molar-refractivity contribution is -0.139. The number of anilines is 1. The number of rotatable bonds is 7. The highest BCUT2D eigenvalue weighted by Gasteiger charge is 2.46. The van der Waals surface area contributed by atoms with Crippen molar-refractivity contribution in [2.45, 2.75) is 45.6 Å². The summed E-state index contributed by atoms with van der Waals surface area (Å²) in [5.74, 6) is 1.41. The summed E-state index contributed by atoms with van der Waals surface area (Å²) in [6.07, 6.45) is 7.08. The molecule has 0 saturated carbocycles. The van der Waals surface area contributed by atoms with Gasteiger partial charge < -0.3 is 24.2 Å². The molecule has 10 nitrogen and oxygen atoms in total. The van der Waals surface area contributed by atoms with E-state index in [0.717, 1.165) is 110 Å². The van der Waals surface area contributed by atoms with Crippen LogP contribution in [0.2, 0.25) is 5.02 Å². The third-order valence-corrected chi connectivity index (χ3v) is 10.4. The van der Waals surface area contributed by atoms with Crippen LogP contribution in [-0.4, -0.2) is 94.9 Å². The highest BCUT2D eigenvalue weighted by molar-refractivity contribution is 6.35. The summed E-state index contributed by atoms with van der Waals surface area (Å²) in [6, 6.07) is 6.43. The molecular weight excluding hydrogens is 590 g/mol. The maximum absolute atomic E-state index is 12.1. The number of carbonyl (C=O) groups excluding carboxylic acids is 1. The second kappa shape index (κ2) is 11.8. The van der Waals surface area contributed by atoms with Gasteiger partial charge in [0.2, 0.25) is 5.91 Å². The Balaban J connectivity index is 1.30. The van der Waals surface area contributed by atoms with E-state index in [9.17, 15) is 4.79 Å². The summed E-state index contributed by atoms with van der Waals surface area (Å²) >= 11 is 7.16. The minimum absolute atomic E-state index is 0.00954. The van der Waals surface area contributed by atoms with Crippen molar-refractivity contribution in [2.24, 2.45) is 5.41 Å². The van der Waals surface area contributed by atoms with E-state index in [-0.39, 0.29) is 17.4 Å². The molecular formula is C34H40ClN7O3. The van der Waals surface area contributed by atoms with Crippen molar-refractivity contribution < 1.29 is 14.3 Å². The van der Waals surface area contributed by atoms with Gasteiger partial charge in [0.05, 0.1) is 23.8 Å². The number of aryl methyl sites for hydroxylation is 1. The van der Waals surface area contributed by atoms with Gasteiger partial charge in [0.1, 0.15) is 17.4 Å². The van der Waals surface area contributed by atoms with Crippen LogP contribution in [-0.2, 0) is 4.79 Å². The Bertz CT molecular complexity index is 1770. The normalized spacial score (nSPS) is 18.8. The first-order chi connectivity index (χ1) is 21.8. The fourth-order valence-corrected chi connectivity index (χ4v) is 7.69. The standard InChI is InChI=1S/C34H40ClN7O3/c1-5-27(43)42-19-34(20-42)11-15-41(16-12-34)32-23-17-25(35)29(28-21(3)7-8-26-24(28)18-36-39-26)31(44-4)30(23)37-33(38-32)45-22-9-13-40(6-2)14-10-22/h5,7-8,17-18,22H,1,6,9-16,19-20H2,2-4H3,(H,36,39). The van der Waals surface area contributed by atoms with E-state index in [4.69, 9.17) is 31.0 Å². The van der Waals surface area contributed by atoms with Crippen molar-refractivity contribution in [3.63, 3.8) is 0 Å². The fraction of sp³-hybridized carbons (Fsp3) is 0.471. The maximum atomic E-state index is 12.1. The van der Waals surface area contributed by atoms with Crippen LogP contribution < -0.4 is 14.4 Å². The number of fused-ring (bicyclic) bond motifs is 2. The Hall–Kier alpha value is -3.89. The summed E-state index contributed by atoms with van der Waals surface area (Å²) in [5.41, 5.74) is 4.54. The van der Waals surface area contributed by atoms with Crippen LogP contribution in [0.3, 0.4) is 0 Å². The molecule has 0 atom stereocenters. The van der Waals surface area contributed by atoms with E-state index in [1.165, 1.54) is 6.08 Å². The Morgan fingerprint density at radius 3 is 2.58 bits per heavy atom. The van der Waals surface area contributed by atoms with Crippen molar-refractivity contribution in [1.29, 1.82) is 0 Å². The number of hydrogen-bond acceptors (Lipinski definition) is 8. The summed E-state index contributed by atoms with van der Waals surface area (Å²) in [6.45, 7) is 14.1. The highest BCUT2D eigenvalue weighted by atomic mass is 35.5. The number of likely N-dealkylation sites (tertiary alicyclic amines) is 2. The largest absolute Gasteiger partial charge is 0.494 e. The van der Waals surface area contributed by atoms with Crippen molar-refractivity contribution in [3.05, 3.63) is 47.6 Å². The molecule has 7 rings (SSSR count). The molecule has 0 unspecified atom stereocenters. The molecule has 3 aliphatic heterocycles. The smallest absolute Gasteiger partial charge is 0.319 e. The van der Waals surface area contributed by atoms with Gasteiger partial charge in [0.25, 0.3) is 0 Å². The first-order valence-electron chi connectivity index (χ1n) is 15.9. The quantitative estimate of drug-likeness (QED) is 0.263. The molecule has 1 amide bonds. The van der Waals surface area contributed by atoms with Gasteiger partial charge in [0.15, 0.2) is 5.75 Å². The molecule has 4 aromatic rings. The van der Waals surface area contributed by atoms with E-state index in [2.05, 4.69) is 46.5 Å². The van der Waals surface area contributed by atoms with E-state index in [0.29, 0.717) is 22.3 Å². The number of methoxy groups -OCH3 is 1. The number of aromatic amines is 1. The molecule has 3 saturated heterocycles. The number of halogens is 1. The molecule has 3 fully saturated rings. The van der Waals surface area contributed by atoms with Crippen molar-refractivity contribution in [1.82, 2.24) is 30.0 Å². The number of hydrogen-bond donors (Lipinski definition) is 1. The van der Waals surface area contributed by atoms with Crippen LogP contribution in [0.25, 0.3) is 32.9 Å². The second-order valence-electron chi connectivity index (χ2n) is 12.7. The van der Waals surface area contributed by atoms with Gasteiger partial charge in [-0.1, -0.05) is 31.2 Å². The summed E-state index contributed by atoms with van der Waals surface area (Å²) in [7, 11) is 1.67. The molecule has 3 aliphatic rings. The van der Waals surface area contributed by atoms with Crippen LogP contribution >= 0.6 is 11.6 Å². The zero-order valence-electron chi connectivity index (χ0n) is 26.2. The average molecular weight is 630 g/mol. The van der Waals surface area contributed by atoms with Crippen molar-refractivity contribution in [3.8, 4) is 22.9 Å². The lowest BCUT2D eigenvalue weighted by atomic mass is 9.72. The van der Waals surface area contributed by atoms with E-state index in [1.807, 2.05) is 23.2 Å². The molecule has 5 heterocycles. The Kier molecular flexibility index (Phi) is 7.81. The van der Waals surface area contributed by atoms with Crippen LogP contribution in [0.5, 0.6) is 11.8 Å². The Labute approximate surface area is 268 Å². The SMILES string of the molecule is C=CC(=O)N1CC2(CCN(c3nc(OC4CCN(CC)CC4)nc4c(OC)c(-c5c(C)ccc6[nH]ncc56)c(Cl)cc34)CC2)C1. The van der Waals surface area contributed by atoms with E-state index >= 15 is 0 Å². The van der Waals surface area contributed by atoms with Crippen LogP contribution in [0, 0.1) is 12.3 Å². The summed E-state index contributed by atoms with van der Waals surface area (Å²) in [4.78, 5) is 28.8. The van der Waals surface area contributed by atoms with E-state index in [1.54, 1.807) is 7.11 Å². The molecule has 2 aromatic carbocycles. The predicted octanol–water partition coefficient (Wildman–Crippen LogP) is 5.62. The zero-order chi connectivity index (χ0) is 31.3.